The summed E-state index contributed by atoms with van der Waals surface area (Å²) in [5.41, 5.74) is 3.50. The van der Waals surface area contributed by atoms with Crippen molar-refractivity contribution >= 4 is 34.4 Å². The second-order valence-electron chi connectivity index (χ2n) is 9.11. The van der Waals surface area contributed by atoms with Crippen LogP contribution in [0.2, 0.25) is 0 Å². The summed E-state index contributed by atoms with van der Waals surface area (Å²) in [7, 11) is 1.57. The molecule has 186 valence electrons. The van der Waals surface area contributed by atoms with Crippen molar-refractivity contribution in [3.8, 4) is 0 Å². The number of methoxy groups -OCH3 is 1. The SMILES string of the molecule is COCCNC(=O)c1ccc2c(=O)n(CC(C)C)c(S[C@H](C)C(=O)c3ccc(C)c(C)c3)nc2c1. The molecule has 35 heavy (non-hydrogen) atoms. The Morgan fingerprint density at radius 1 is 1.06 bits per heavy atom. The number of rotatable bonds is 10. The van der Waals surface area contributed by atoms with Crippen LogP contribution in [0.5, 0.6) is 0 Å². The summed E-state index contributed by atoms with van der Waals surface area (Å²) in [6, 6.07) is 10.6. The number of ketones is 1. The molecular weight excluding hydrogens is 462 g/mol. The minimum atomic E-state index is -0.444. The number of nitrogens with zero attached hydrogens (tertiary/aromatic N) is 2. The van der Waals surface area contributed by atoms with E-state index in [-0.39, 0.29) is 23.2 Å². The van der Waals surface area contributed by atoms with Gasteiger partial charge in [-0.05, 0) is 62.1 Å². The molecule has 8 heteroatoms. The van der Waals surface area contributed by atoms with Crippen LogP contribution in [0.25, 0.3) is 10.9 Å². The molecule has 0 saturated heterocycles. The minimum absolute atomic E-state index is 0.0187. The van der Waals surface area contributed by atoms with Gasteiger partial charge in [-0.25, -0.2) is 4.98 Å². The summed E-state index contributed by atoms with van der Waals surface area (Å²) in [5.74, 6) is -0.0673. The number of ether oxygens (including phenoxy) is 1. The normalized spacial score (nSPS) is 12.2. The van der Waals surface area contributed by atoms with Gasteiger partial charge in [0, 0.05) is 31.3 Å². The first-order valence-electron chi connectivity index (χ1n) is 11.7. The van der Waals surface area contributed by atoms with E-state index < -0.39 is 5.25 Å². The molecule has 0 fully saturated rings. The first-order valence-corrected chi connectivity index (χ1v) is 12.6. The molecule has 0 saturated carbocycles. The van der Waals surface area contributed by atoms with E-state index in [2.05, 4.69) is 5.32 Å². The lowest BCUT2D eigenvalue weighted by Crippen LogP contribution is -2.28. The molecule has 2 aromatic carbocycles. The van der Waals surface area contributed by atoms with E-state index in [0.717, 1.165) is 11.1 Å². The molecule has 1 aromatic heterocycles. The van der Waals surface area contributed by atoms with E-state index in [9.17, 15) is 14.4 Å². The lowest BCUT2D eigenvalue weighted by atomic mass is 10.0. The van der Waals surface area contributed by atoms with Crippen molar-refractivity contribution in [1.82, 2.24) is 14.9 Å². The number of nitrogens with one attached hydrogen (secondary N) is 1. The van der Waals surface area contributed by atoms with Gasteiger partial charge in [0.05, 0.1) is 22.8 Å². The molecule has 1 atom stereocenters. The minimum Gasteiger partial charge on any atom is -0.383 e. The molecule has 7 nitrogen and oxygen atoms in total. The fourth-order valence-electron chi connectivity index (χ4n) is 3.67. The third-order valence-corrected chi connectivity index (χ3v) is 6.85. The van der Waals surface area contributed by atoms with Gasteiger partial charge in [-0.15, -0.1) is 0 Å². The second-order valence-corrected chi connectivity index (χ2v) is 10.4. The van der Waals surface area contributed by atoms with E-state index >= 15 is 0 Å². The van der Waals surface area contributed by atoms with E-state index in [1.54, 1.807) is 29.9 Å². The van der Waals surface area contributed by atoms with Crippen molar-refractivity contribution < 1.29 is 14.3 Å². The molecule has 0 aliphatic carbocycles. The first kappa shape index (κ1) is 26.6. The summed E-state index contributed by atoms with van der Waals surface area (Å²) >= 11 is 1.27. The number of aromatic nitrogens is 2. The largest absolute Gasteiger partial charge is 0.383 e. The maximum absolute atomic E-state index is 13.4. The summed E-state index contributed by atoms with van der Waals surface area (Å²) in [4.78, 5) is 43.8. The molecule has 0 spiro atoms. The van der Waals surface area contributed by atoms with Gasteiger partial charge in [-0.2, -0.15) is 0 Å². The number of amides is 1. The Hall–Kier alpha value is -2.97. The Morgan fingerprint density at radius 3 is 2.43 bits per heavy atom. The van der Waals surface area contributed by atoms with Gasteiger partial charge in [0.25, 0.3) is 11.5 Å². The quantitative estimate of drug-likeness (QED) is 0.194. The molecule has 0 bridgehead atoms. The molecule has 0 unspecified atom stereocenters. The van der Waals surface area contributed by atoms with Crippen LogP contribution < -0.4 is 10.9 Å². The highest BCUT2D eigenvalue weighted by atomic mass is 32.2. The summed E-state index contributed by atoms with van der Waals surface area (Å²) < 4.78 is 6.61. The summed E-state index contributed by atoms with van der Waals surface area (Å²) in [5, 5.41) is 3.25. The van der Waals surface area contributed by atoms with Crippen LogP contribution in [0, 0.1) is 19.8 Å². The van der Waals surface area contributed by atoms with Gasteiger partial charge in [0.1, 0.15) is 0 Å². The third-order valence-electron chi connectivity index (χ3n) is 5.76. The number of carbonyl (C=O) groups is 2. The smallest absolute Gasteiger partial charge is 0.262 e. The highest BCUT2D eigenvalue weighted by Gasteiger charge is 2.22. The van der Waals surface area contributed by atoms with Crippen molar-refractivity contribution in [1.29, 1.82) is 0 Å². The molecule has 1 heterocycles. The number of fused-ring (bicyclic) bond motifs is 1. The number of hydrogen-bond donors (Lipinski definition) is 1. The van der Waals surface area contributed by atoms with E-state index in [1.807, 2.05) is 52.8 Å². The standard InChI is InChI=1S/C27H33N3O4S/c1-16(2)15-30-26(33)22-10-9-21(25(32)28-11-12-34-6)14-23(22)29-27(30)35-19(5)24(31)20-8-7-17(3)18(4)13-20/h7-10,13-14,16,19H,11-12,15H2,1-6H3,(H,28,32)/t19-/m1/s1. The van der Waals surface area contributed by atoms with Gasteiger partial charge in [-0.3, -0.25) is 19.0 Å². The highest BCUT2D eigenvalue weighted by molar-refractivity contribution is 8.00. The van der Waals surface area contributed by atoms with Crippen LogP contribution in [0.15, 0.2) is 46.3 Å². The molecule has 0 radical (unpaired) electrons. The lowest BCUT2D eigenvalue weighted by molar-refractivity contribution is 0.0936. The van der Waals surface area contributed by atoms with Gasteiger partial charge < -0.3 is 10.1 Å². The number of thioether (sulfide) groups is 1. The number of benzene rings is 2. The van der Waals surface area contributed by atoms with E-state index in [0.29, 0.717) is 46.9 Å². The average Bonchev–Trinajstić information content (AvgIpc) is 2.82. The van der Waals surface area contributed by atoms with Gasteiger partial charge in [-0.1, -0.05) is 37.7 Å². The monoisotopic (exact) mass is 495 g/mol. The van der Waals surface area contributed by atoms with Crippen molar-refractivity contribution in [3.63, 3.8) is 0 Å². The molecular formula is C27H33N3O4S. The van der Waals surface area contributed by atoms with Crippen LogP contribution in [0.1, 0.15) is 52.6 Å². The van der Waals surface area contributed by atoms with Gasteiger partial charge in [0.2, 0.25) is 0 Å². The first-order chi connectivity index (χ1) is 16.6. The van der Waals surface area contributed by atoms with Crippen LogP contribution in [-0.2, 0) is 11.3 Å². The zero-order valence-electron chi connectivity index (χ0n) is 21.2. The second kappa shape index (κ2) is 11.6. The van der Waals surface area contributed by atoms with Crippen LogP contribution >= 0.6 is 11.8 Å². The molecule has 0 aliphatic heterocycles. The van der Waals surface area contributed by atoms with Crippen molar-refractivity contribution in [2.24, 2.45) is 5.92 Å². The number of carbonyl (C=O) groups excluding carboxylic acids is 2. The highest BCUT2D eigenvalue weighted by Crippen LogP contribution is 2.26. The van der Waals surface area contributed by atoms with E-state index in [4.69, 9.17) is 9.72 Å². The Kier molecular flexibility index (Phi) is 8.86. The Bertz CT molecular complexity index is 1300. The van der Waals surface area contributed by atoms with Crippen LogP contribution in [-0.4, -0.2) is 46.8 Å². The molecule has 3 aromatic rings. The van der Waals surface area contributed by atoms with Crippen molar-refractivity contribution in [3.05, 3.63) is 69.0 Å². The van der Waals surface area contributed by atoms with Gasteiger partial charge in [0.15, 0.2) is 10.9 Å². The lowest BCUT2D eigenvalue weighted by Gasteiger charge is -2.18. The molecule has 3 rings (SSSR count). The van der Waals surface area contributed by atoms with Crippen LogP contribution in [0.4, 0.5) is 0 Å². The van der Waals surface area contributed by atoms with Gasteiger partial charge >= 0.3 is 0 Å². The number of aryl methyl sites for hydroxylation is 2. The maximum Gasteiger partial charge on any atom is 0.262 e. The predicted octanol–water partition coefficient (Wildman–Crippen LogP) is 4.41. The average molecular weight is 496 g/mol. The zero-order chi connectivity index (χ0) is 25.7. The molecule has 0 aliphatic rings. The Morgan fingerprint density at radius 2 is 1.77 bits per heavy atom. The molecule has 1 amide bonds. The molecule has 1 N–H and O–H groups in total. The number of Topliss-reactive ketones (excluding diaryl/α,β-unsaturated/α-hetero) is 1. The maximum atomic E-state index is 13.4. The topological polar surface area (TPSA) is 90.3 Å². The third kappa shape index (κ3) is 6.38. The van der Waals surface area contributed by atoms with Crippen LogP contribution in [0.3, 0.4) is 0 Å². The summed E-state index contributed by atoms with van der Waals surface area (Å²) in [6.45, 7) is 11.2. The van der Waals surface area contributed by atoms with Crippen molar-refractivity contribution in [2.75, 3.05) is 20.3 Å². The fraction of sp³-hybridized carbons (Fsp3) is 0.407. The van der Waals surface area contributed by atoms with Crippen molar-refractivity contribution in [2.45, 2.75) is 51.6 Å². The Balaban J connectivity index is 1.99. The zero-order valence-corrected chi connectivity index (χ0v) is 22.0. The predicted molar refractivity (Wildman–Crippen MR) is 141 cm³/mol. The summed E-state index contributed by atoms with van der Waals surface area (Å²) in [6.07, 6.45) is 0. The number of hydrogen-bond acceptors (Lipinski definition) is 6. The van der Waals surface area contributed by atoms with E-state index in [1.165, 1.54) is 11.8 Å². The Labute approximate surface area is 210 Å². The fourth-order valence-corrected chi connectivity index (χ4v) is 4.66.